The predicted octanol–water partition coefficient (Wildman–Crippen LogP) is 3.95. The Morgan fingerprint density at radius 3 is 3.00 bits per heavy atom. The summed E-state index contributed by atoms with van der Waals surface area (Å²) in [6, 6.07) is 3.98. The van der Waals surface area contributed by atoms with Crippen molar-refractivity contribution in [3.63, 3.8) is 0 Å². The molecule has 3 heterocycles. The quantitative estimate of drug-likeness (QED) is 0.787. The van der Waals surface area contributed by atoms with Crippen molar-refractivity contribution in [2.45, 2.75) is 50.2 Å². The van der Waals surface area contributed by atoms with Gasteiger partial charge in [0.1, 0.15) is 11.9 Å². The second-order valence-corrected chi connectivity index (χ2v) is 7.40. The second-order valence-electron chi connectivity index (χ2n) is 5.91. The molecule has 2 saturated heterocycles. The number of halogens is 1. The lowest BCUT2D eigenvalue weighted by Gasteiger charge is -2.43. The smallest absolute Gasteiger partial charge is 0.142 e. The Kier molecular flexibility index (Phi) is 4.97. The number of aryl methyl sites for hydroxylation is 1. The van der Waals surface area contributed by atoms with Crippen molar-refractivity contribution in [1.29, 1.82) is 0 Å². The summed E-state index contributed by atoms with van der Waals surface area (Å²) in [6.07, 6.45) is 4.44. The van der Waals surface area contributed by atoms with Gasteiger partial charge in [-0.3, -0.25) is 4.98 Å². The Morgan fingerprint density at radius 1 is 1.43 bits per heavy atom. The van der Waals surface area contributed by atoms with Crippen LogP contribution < -0.4 is 4.74 Å². The molecule has 116 valence electrons. The molecule has 2 aliphatic heterocycles. The van der Waals surface area contributed by atoms with Gasteiger partial charge in [-0.1, -0.05) is 0 Å². The second kappa shape index (κ2) is 6.76. The molecule has 0 N–H and O–H groups in total. The standard InChI is InChI=1S/C16H22ClNO2S/c1-12-2-3-15(14(11-17)18-12)20-13-4-7-19-16(10-13)5-8-21-9-6-16/h2-3,13H,4-11H2,1H3. The van der Waals surface area contributed by atoms with Gasteiger partial charge in [-0.15, -0.1) is 11.6 Å². The van der Waals surface area contributed by atoms with Crippen molar-refractivity contribution < 1.29 is 9.47 Å². The minimum Gasteiger partial charge on any atom is -0.488 e. The average molecular weight is 328 g/mol. The molecule has 0 saturated carbocycles. The molecule has 0 aliphatic carbocycles. The highest BCUT2D eigenvalue weighted by Crippen LogP contribution is 2.38. The molecular weight excluding hydrogens is 306 g/mol. The normalized spacial score (nSPS) is 25.0. The molecule has 0 radical (unpaired) electrons. The van der Waals surface area contributed by atoms with Crippen molar-refractivity contribution in [2.24, 2.45) is 0 Å². The summed E-state index contributed by atoms with van der Waals surface area (Å²) in [7, 11) is 0. The molecule has 1 aromatic rings. The summed E-state index contributed by atoms with van der Waals surface area (Å²) in [5.41, 5.74) is 1.87. The Balaban J connectivity index is 1.70. The molecule has 0 amide bonds. The first-order chi connectivity index (χ1) is 10.2. The van der Waals surface area contributed by atoms with Gasteiger partial charge in [-0.05, 0) is 43.4 Å². The van der Waals surface area contributed by atoms with Crippen LogP contribution >= 0.6 is 23.4 Å². The highest BCUT2D eigenvalue weighted by Gasteiger charge is 2.39. The van der Waals surface area contributed by atoms with E-state index in [1.807, 2.05) is 30.8 Å². The highest BCUT2D eigenvalue weighted by atomic mass is 35.5. The van der Waals surface area contributed by atoms with Gasteiger partial charge in [0.25, 0.3) is 0 Å². The van der Waals surface area contributed by atoms with Crippen LogP contribution in [0.5, 0.6) is 5.75 Å². The molecule has 3 rings (SSSR count). The van der Waals surface area contributed by atoms with Crippen LogP contribution in [0.4, 0.5) is 0 Å². The maximum absolute atomic E-state index is 6.23. The van der Waals surface area contributed by atoms with Gasteiger partial charge in [0.15, 0.2) is 0 Å². The SMILES string of the molecule is Cc1ccc(OC2CCOC3(CCSCC3)C2)c(CCl)n1. The number of rotatable bonds is 3. The molecule has 21 heavy (non-hydrogen) atoms. The fourth-order valence-electron chi connectivity index (χ4n) is 3.16. The molecule has 2 fully saturated rings. The lowest BCUT2D eigenvalue weighted by Crippen LogP contribution is -2.46. The summed E-state index contributed by atoms with van der Waals surface area (Å²) in [5.74, 6) is 3.63. The van der Waals surface area contributed by atoms with E-state index < -0.39 is 0 Å². The van der Waals surface area contributed by atoms with Gasteiger partial charge in [0.2, 0.25) is 0 Å². The Morgan fingerprint density at radius 2 is 2.24 bits per heavy atom. The lowest BCUT2D eigenvalue weighted by atomic mass is 9.86. The van der Waals surface area contributed by atoms with Crippen LogP contribution in [0.15, 0.2) is 12.1 Å². The van der Waals surface area contributed by atoms with Crippen LogP contribution in [-0.4, -0.2) is 34.8 Å². The van der Waals surface area contributed by atoms with E-state index in [1.54, 1.807) is 0 Å². The third kappa shape index (κ3) is 3.66. The molecule has 1 aromatic heterocycles. The van der Waals surface area contributed by atoms with Crippen LogP contribution in [0, 0.1) is 6.92 Å². The van der Waals surface area contributed by atoms with Crippen molar-refractivity contribution in [2.75, 3.05) is 18.1 Å². The van der Waals surface area contributed by atoms with Crippen LogP contribution in [0.3, 0.4) is 0 Å². The zero-order chi connectivity index (χ0) is 14.7. The maximum atomic E-state index is 6.23. The Hall–Kier alpha value is -0.450. The number of alkyl halides is 1. The lowest BCUT2D eigenvalue weighted by molar-refractivity contribution is -0.116. The first-order valence-electron chi connectivity index (χ1n) is 7.62. The number of hydrogen-bond acceptors (Lipinski definition) is 4. The summed E-state index contributed by atoms with van der Waals surface area (Å²) in [4.78, 5) is 4.47. The summed E-state index contributed by atoms with van der Waals surface area (Å²) >= 11 is 8.02. The largest absolute Gasteiger partial charge is 0.488 e. The van der Waals surface area contributed by atoms with Crippen molar-refractivity contribution in [3.8, 4) is 5.75 Å². The number of aromatic nitrogens is 1. The number of hydrogen-bond donors (Lipinski definition) is 0. The molecule has 1 atom stereocenters. The molecular formula is C16H22ClNO2S. The van der Waals surface area contributed by atoms with E-state index in [0.29, 0.717) is 5.88 Å². The molecule has 0 bridgehead atoms. The minimum absolute atomic E-state index is 0.0490. The predicted molar refractivity (Wildman–Crippen MR) is 87.4 cm³/mol. The summed E-state index contributed by atoms with van der Waals surface area (Å²) < 4.78 is 12.3. The van der Waals surface area contributed by atoms with E-state index in [9.17, 15) is 0 Å². The molecule has 1 spiro atoms. The van der Waals surface area contributed by atoms with Gasteiger partial charge < -0.3 is 9.47 Å². The van der Waals surface area contributed by atoms with Gasteiger partial charge in [0.05, 0.1) is 23.8 Å². The van der Waals surface area contributed by atoms with E-state index in [-0.39, 0.29) is 11.7 Å². The van der Waals surface area contributed by atoms with Gasteiger partial charge in [0, 0.05) is 18.5 Å². The minimum atomic E-state index is 0.0490. The topological polar surface area (TPSA) is 31.4 Å². The third-order valence-corrected chi connectivity index (χ3v) is 5.58. The molecule has 3 nitrogen and oxygen atoms in total. The Labute approximate surface area is 135 Å². The average Bonchev–Trinajstić information content (AvgIpc) is 2.50. The zero-order valence-corrected chi connectivity index (χ0v) is 14.0. The summed E-state index contributed by atoms with van der Waals surface area (Å²) in [5, 5.41) is 0. The van der Waals surface area contributed by atoms with E-state index in [2.05, 4.69) is 4.98 Å². The van der Waals surface area contributed by atoms with Gasteiger partial charge in [-0.25, -0.2) is 0 Å². The molecule has 0 aromatic carbocycles. The van der Waals surface area contributed by atoms with Crippen molar-refractivity contribution in [3.05, 3.63) is 23.5 Å². The number of ether oxygens (including phenoxy) is 2. The van der Waals surface area contributed by atoms with Crippen LogP contribution in [0.1, 0.15) is 37.1 Å². The molecule has 2 aliphatic rings. The van der Waals surface area contributed by atoms with E-state index in [1.165, 1.54) is 11.5 Å². The van der Waals surface area contributed by atoms with Gasteiger partial charge >= 0.3 is 0 Å². The fourth-order valence-corrected chi connectivity index (χ4v) is 4.58. The van der Waals surface area contributed by atoms with E-state index in [0.717, 1.165) is 49.4 Å². The third-order valence-electron chi connectivity index (χ3n) is 4.34. The van der Waals surface area contributed by atoms with Crippen molar-refractivity contribution >= 4 is 23.4 Å². The number of thioether (sulfide) groups is 1. The number of pyridine rings is 1. The molecule has 1 unspecified atom stereocenters. The van der Waals surface area contributed by atoms with Crippen LogP contribution in [0.25, 0.3) is 0 Å². The molecule has 5 heteroatoms. The monoisotopic (exact) mass is 327 g/mol. The first-order valence-corrected chi connectivity index (χ1v) is 9.31. The summed E-state index contributed by atoms with van der Waals surface area (Å²) in [6.45, 7) is 2.77. The maximum Gasteiger partial charge on any atom is 0.142 e. The highest BCUT2D eigenvalue weighted by molar-refractivity contribution is 7.99. The van der Waals surface area contributed by atoms with E-state index in [4.69, 9.17) is 21.1 Å². The Bertz CT molecular complexity index is 486. The zero-order valence-electron chi connectivity index (χ0n) is 12.4. The van der Waals surface area contributed by atoms with E-state index >= 15 is 0 Å². The first kappa shape index (κ1) is 15.4. The fraction of sp³-hybridized carbons (Fsp3) is 0.688. The van der Waals surface area contributed by atoms with Gasteiger partial charge in [-0.2, -0.15) is 11.8 Å². The van der Waals surface area contributed by atoms with Crippen molar-refractivity contribution in [1.82, 2.24) is 4.98 Å². The number of nitrogens with zero attached hydrogens (tertiary/aromatic N) is 1. The van der Waals surface area contributed by atoms with Crippen LogP contribution in [-0.2, 0) is 10.6 Å². The van der Waals surface area contributed by atoms with Crippen LogP contribution in [0.2, 0.25) is 0 Å².